The normalized spacial score (nSPS) is 10.8. The van der Waals surface area contributed by atoms with Crippen LogP contribution in [-0.4, -0.2) is 15.9 Å². The summed E-state index contributed by atoms with van der Waals surface area (Å²) in [5, 5.41) is 11.4. The highest BCUT2D eigenvalue weighted by atomic mass is 35.5. The van der Waals surface area contributed by atoms with Crippen molar-refractivity contribution in [2.45, 2.75) is 6.61 Å². The molecule has 4 aromatic rings. The maximum Gasteiger partial charge on any atom is 0.339 e. The van der Waals surface area contributed by atoms with Gasteiger partial charge in [0.2, 0.25) is 0 Å². The standard InChI is InChI=1S/C21H13ClN2O4S/c22-20-10-9-19(29-20)18-11-16(15-3-1-2-4-17(15)23-18)21(25)28-12-13-5-7-14(8-6-13)24(26)27/h1-11H,12H2. The molecule has 0 saturated heterocycles. The number of esters is 1. The van der Waals surface area contributed by atoms with Crippen LogP contribution in [0.15, 0.2) is 66.7 Å². The number of halogens is 1. The van der Waals surface area contributed by atoms with Gasteiger partial charge in [-0.05, 0) is 42.0 Å². The summed E-state index contributed by atoms with van der Waals surface area (Å²) >= 11 is 7.42. The first-order valence-electron chi connectivity index (χ1n) is 8.57. The van der Waals surface area contributed by atoms with Crippen molar-refractivity contribution in [3.8, 4) is 10.6 Å². The predicted octanol–water partition coefficient (Wildman–Crippen LogP) is 5.88. The molecule has 29 heavy (non-hydrogen) atoms. The second-order valence-corrected chi connectivity index (χ2v) is 7.89. The fraction of sp³-hybridized carbons (Fsp3) is 0.0476. The number of benzene rings is 2. The van der Waals surface area contributed by atoms with Gasteiger partial charge < -0.3 is 4.74 Å². The van der Waals surface area contributed by atoms with Gasteiger partial charge in [0.25, 0.3) is 5.69 Å². The zero-order valence-electron chi connectivity index (χ0n) is 14.9. The van der Waals surface area contributed by atoms with Crippen LogP contribution in [0, 0.1) is 10.1 Å². The Kier molecular flexibility index (Phi) is 5.24. The van der Waals surface area contributed by atoms with Crippen molar-refractivity contribution >= 4 is 45.5 Å². The Labute approximate surface area is 174 Å². The van der Waals surface area contributed by atoms with Crippen LogP contribution in [0.3, 0.4) is 0 Å². The summed E-state index contributed by atoms with van der Waals surface area (Å²) in [4.78, 5) is 28.6. The zero-order chi connectivity index (χ0) is 20.4. The molecule has 2 aromatic carbocycles. The van der Waals surface area contributed by atoms with Gasteiger partial charge in [-0.1, -0.05) is 29.8 Å². The minimum absolute atomic E-state index is 0.00758. The van der Waals surface area contributed by atoms with Crippen molar-refractivity contribution in [1.82, 2.24) is 4.98 Å². The molecule has 0 spiro atoms. The highest BCUT2D eigenvalue weighted by Gasteiger charge is 2.16. The molecule has 0 radical (unpaired) electrons. The monoisotopic (exact) mass is 424 g/mol. The minimum atomic E-state index is -0.495. The van der Waals surface area contributed by atoms with Crippen molar-refractivity contribution in [2.24, 2.45) is 0 Å². The summed E-state index contributed by atoms with van der Waals surface area (Å²) in [5.74, 6) is -0.495. The lowest BCUT2D eigenvalue weighted by Crippen LogP contribution is -2.07. The molecular formula is C21H13ClN2O4S. The Bertz CT molecular complexity index is 1220. The lowest BCUT2D eigenvalue weighted by molar-refractivity contribution is -0.384. The summed E-state index contributed by atoms with van der Waals surface area (Å²) in [6.45, 7) is 0.00758. The molecule has 144 valence electrons. The summed E-state index contributed by atoms with van der Waals surface area (Å²) in [5.41, 5.74) is 2.36. The topological polar surface area (TPSA) is 82.3 Å². The van der Waals surface area contributed by atoms with Crippen LogP contribution in [0.2, 0.25) is 4.34 Å². The Morgan fingerprint density at radius 3 is 2.55 bits per heavy atom. The second-order valence-electron chi connectivity index (χ2n) is 6.18. The number of thiophene rings is 1. The molecule has 0 atom stereocenters. The average molecular weight is 425 g/mol. The third kappa shape index (κ3) is 4.11. The summed E-state index contributed by atoms with van der Waals surface area (Å²) in [6.07, 6.45) is 0. The molecule has 0 saturated carbocycles. The van der Waals surface area contributed by atoms with Gasteiger partial charge in [0.1, 0.15) is 6.61 Å². The molecule has 0 bridgehead atoms. The molecule has 0 unspecified atom stereocenters. The summed E-state index contributed by atoms with van der Waals surface area (Å²) in [6, 6.07) is 18.6. The van der Waals surface area contributed by atoms with E-state index in [1.165, 1.54) is 23.5 Å². The molecule has 2 heterocycles. The van der Waals surface area contributed by atoms with Crippen molar-refractivity contribution < 1.29 is 14.5 Å². The summed E-state index contributed by atoms with van der Waals surface area (Å²) < 4.78 is 6.10. The number of nitrogens with zero attached hydrogens (tertiary/aromatic N) is 2. The van der Waals surface area contributed by atoms with E-state index in [9.17, 15) is 14.9 Å². The van der Waals surface area contributed by atoms with Crippen molar-refractivity contribution in [1.29, 1.82) is 0 Å². The largest absolute Gasteiger partial charge is 0.457 e. The number of non-ortho nitro benzene ring substituents is 1. The Morgan fingerprint density at radius 2 is 1.86 bits per heavy atom. The molecule has 4 rings (SSSR count). The first kappa shape index (κ1) is 19.0. The van der Waals surface area contributed by atoms with Crippen LogP contribution in [0.25, 0.3) is 21.5 Å². The van der Waals surface area contributed by atoms with Gasteiger partial charge in [-0.25, -0.2) is 9.78 Å². The zero-order valence-corrected chi connectivity index (χ0v) is 16.4. The van der Waals surface area contributed by atoms with Gasteiger partial charge in [-0.3, -0.25) is 10.1 Å². The van der Waals surface area contributed by atoms with Gasteiger partial charge in [0, 0.05) is 17.5 Å². The number of pyridine rings is 1. The van der Waals surface area contributed by atoms with E-state index in [4.69, 9.17) is 16.3 Å². The van der Waals surface area contributed by atoms with E-state index >= 15 is 0 Å². The smallest absolute Gasteiger partial charge is 0.339 e. The number of carbonyl (C=O) groups excluding carboxylic acids is 1. The van der Waals surface area contributed by atoms with E-state index in [2.05, 4.69) is 4.98 Å². The third-order valence-corrected chi connectivity index (χ3v) is 5.53. The molecular weight excluding hydrogens is 412 g/mol. The average Bonchev–Trinajstić information content (AvgIpc) is 3.18. The number of aromatic nitrogens is 1. The van der Waals surface area contributed by atoms with Gasteiger partial charge >= 0.3 is 5.97 Å². The van der Waals surface area contributed by atoms with E-state index in [1.807, 2.05) is 30.3 Å². The van der Waals surface area contributed by atoms with Crippen LogP contribution >= 0.6 is 22.9 Å². The molecule has 0 aliphatic heterocycles. The van der Waals surface area contributed by atoms with E-state index in [-0.39, 0.29) is 12.3 Å². The maximum atomic E-state index is 12.8. The summed E-state index contributed by atoms with van der Waals surface area (Å²) in [7, 11) is 0. The van der Waals surface area contributed by atoms with Gasteiger partial charge in [0.05, 0.1) is 30.9 Å². The van der Waals surface area contributed by atoms with E-state index < -0.39 is 10.9 Å². The van der Waals surface area contributed by atoms with Crippen molar-refractivity contribution in [3.05, 3.63) is 92.3 Å². The van der Waals surface area contributed by atoms with Crippen LogP contribution in [0.1, 0.15) is 15.9 Å². The molecule has 0 fully saturated rings. The fourth-order valence-electron chi connectivity index (χ4n) is 2.86. The van der Waals surface area contributed by atoms with Crippen LogP contribution in [0.4, 0.5) is 5.69 Å². The van der Waals surface area contributed by atoms with Crippen LogP contribution in [-0.2, 0) is 11.3 Å². The number of carbonyl (C=O) groups is 1. The first-order valence-corrected chi connectivity index (χ1v) is 9.76. The number of nitro benzene ring substituents is 1. The number of rotatable bonds is 5. The first-order chi connectivity index (χ1) is 14.0. The van der Waals surface area contributed by atoms with Crippen molar-refractivity contribution in [3.63, 3.8) is 0 Å². The number of fused-ring (bicyclic) bond motifs is 1. The Hall–Kier alpha value is -3.29. The lowest BCUT2D eigenvalue weighted by Gasteiger charge is -2.09. The molecule has 0 N–H and O–H groups in total. The Balaban J connectivity index is 1.63. The Morgan fingerprint density at radius 1 is 1.10 bits per heavy atom. The molecule has 0 aliphatic carbocycles. The lowest BCUT2D eigenvalue weighted by atomic mass is 10.1. The number of hydrogen-bond acceptors (Lipinski definition) is 6. The number of para-hydroxylation sites is 1. The highest BCUT2D eigenvalue weighted by molar-refractivity contribution is 7.19. The van der Waals surface area contributed by atoms with Crippen LogP contribution < -0.4 is 0 Å². The van der Waals surface area contributed by atoms with Gasteiger partial charge in [0.15, 0.2) is 0 Å². The molecule has 0 amide bonds. The van der Waals surface area contributed by atoms with E-state index in [0.717, 1.165) is 4.88 Å². The molecule has 6 nitrogen and oxygen atoms in total. The number of nitro groups is 1. The quantitative estimate of drug-likeness (QED) is 0.227. The van der Waals surface area contributed by atoms with Crippen molar-refractivity contribution in [2.75, 3.05) is 0 Å². The van der Waals surface area contributed by atoms with Gasteiger partial charge in [-0.15, -0.1) is 11.3 Å². The highest BCUT2D eigenvalue weighted by Crippen LogP contribution is 2.32. The number of hydrogen-bond donors (Lipinski definition) is 0. The molecule has 2 aromatic heterocycles. The number of ether oxygens (including phenoxy) is 1. The molecule has 8 heteroatoms. The molecule has 0 aliphatic rings. The van der Waals surface area contributed by atoms with Crippen LogP contribution in [0.5, 0.6) is 0 Å². The van der Waals surface area contributed by atoms with E-state index in [1.54, 1.807) is 24.3 Å². The SMILES string of the molecule is O=C(OCc1ccc([N+](=O)[O-])cc1)c1cc(-c2ccc(Cl)s2)nc2ccccc12. The fourth-order valence-corrected chi connectivity index (χ4v) is 3.87. The maximum absolute atomic E-state index is 12.8. The second kappa shape index (κ2) is 7.98. The van der Waals surface area contributed by atoms with Gasteiger partial charge in [-0.2, -0.15) is 0 Å². The third-order valence-electron chi connectivity index (χ3n) is 4.28. The minimum Gasteiger partial charge on any atom is -0.457 e. The van der Waals surface area contributed by atoms with E-state index in [0.29, 0.717) is 32.1 Å². The predicted molar refractivity (Wildman–Crippen MR) is 112 cm³/mol.